The summed E-state index contributed by atoms with van der Waals surface area (Å²) in [6, 6.07) is 0. The fourth-order valence-electron chi connectivity index (χ4n) is 2.79. The monoisotopic (exact) mass is 279 g/mol. The number of rotatable bonds is 5. The number of aryl methyl sites for hydroxylation is 1. The van der Waals surface area contributed by atoms with Crippen LogP contribution in [0.3, 0.4) is 0 Å². The molecule has 114 valence electrons. The number of nitrogens with one attached hydrogen (secondary N) is 1. The molecule has 1 aromatic rings. The van der Waals surface area contributed by atoms with Crippen molar-refractivity contribution in [2.45, 2.75) is 78.4 Å². The first-order chi connectivity index (χ1) is 9.44. The van der Waals surface area contributed by atoms with Crippen LogP contribution in [0.15, 0.2) is 0 Å². The largest absolute Gasteiger partial charge is 0.305 e. The van der Waals surface area contributed by atoms with Crippen LogP contribution >= 0.6 is 0 Å². The summed E-state index contributed by atoms with van der Waals surface area (Å²) in [5.41, 5.74) is 0.0935. The minimum absolute atomic E-state index is 0.0935. The summed E-state index contributed by atoms with van der Waals surface area (Å²) in [6.07, 6.45) is 6.73. The van der Waals surface area contributed by atoms with E-state index in [1.54, 1.807) is 0 Å². The van der Waals surface area contributed by atoms with E-state index in [0.717, 1.165) is 30.7 Å². The second-order valence-corrected chi connectivity index (χ2v) is 7.34. The maximum atomic E-state index is 4.13. The topological polar surface area (TPSA) is 55.6 Å². The van der Waals surface area contributed by atoms with Gasteiger partial charge in [-0.25, -0.2) is 4.68 Å². The zero-order chi connectivity index (χ0) is 14.6. The second kappa shape index (κ2) is 6.66. The van der Waals surface area contributed by atoms with Crippen molar-refractivity contribution < 1.29 is 0 Å². The van der Waals surface area contributed by atoms with Crippen LogP contribution in [0.5, 0.6) is 0 Å². The highest BCUT2D eigenvalue weighted by molar-refractivity contribution is 4.83. The molecular formula is C15H29N5. The lowest BCUT2D eigenvalue weighted by Gasteiger charge is -2.26. The number of hydrogen-bond acceptors (Lipinski definition) is 4. The van der Waals surface area contributed by atoms with Crippen molar-refractivity contribution in [2.24, 2.45) is 11.8 Å². The molecule has 0 amide bonds. The molecule has 0 spiro atoms. The van der Waals surface area contributed by atoms with E-state index < -0.39 is 0 Å². The molecule has 1 heterocycles. The Morgan fingerprint density at radius 2 is 1.90 bits per heavy atom. The number of nitrogens with zero attached hydrogens (tertiary/aromatic N) is 4. The molecule has 0 atom stereocenters. The fraction of sp³-hybridized carbons (Fsp3) is 0.933. The second-order valence-electron chi connectivity index (χ2n) is 7.34. The maximum absolute atomic E-state index is 4.13. The molecule has 2 rings (SSSR count). The van der Waals surface area contributed by atoms with Crippen molar-refractivity contribution >= 4 is 0 Å². The van der Waals surface area contributed by atoms with Crippen LogP contribution in [-0.2, 0) is 13.1 Å². The van der Waals surface area contributed by atoms with Crippen LogP contribution in [0.2, 0.25) is 0 Å². The summed E-state index contributed by atoms with van der Waals surface area (Å²) in [5, 5.41) is 15.5. The summed E-state index contributed by atoms with van der Waals surface area (Å²) in [4.78, 5) is 0. The lowest BCUT2D eigenvalue weighted by molar-refractivity contribution is 0.263. The van der Waals surface area contributed by atoms with Crippen LogP contribution < -0.4 is 5.32 Å². The summed E-state index contributed by atoms with van der Waals surface area (Å²) < 4.78 is 1.97. The molecule has 0 bridgehead atoms. The SMILES string of the molecule is CC1CCC(CCn2nnnc2CNC(C)(C)C)CC1. The number of hydrogen-bond donors (Lipinski definition) is 1. The van der Waals surface area contributed by atoms with Gasteiger partial charge in [0.2, 0.25) is 0 Å². The van der Waals surface area contributed by atoms with Crippen LogP contribution in [-0.4, -0.2) is 25.7 Å². The molecule has 0 aliphatic heterocycles. The van der Waals surface area contributed by atoms with Gasteiger partial charge in [0.15, 0.2) is 5.82 Å². The Balaban J connectivity index is 1.80. The highest BCUT2D eigenvalue weighted by Crippen LogP contribution is 2.30. The van der Waals surface area contributed by atoms with E-state index in [1.807, 2.05) is 4.68 Å². The smallest absolute Gasteiger partial charge is 0.165 e. The average molecular weight is 279 g/mol. The Kier molecular flexibility index (Phi) is 5.13. The van der Waals surface area contributed by atoms with E-state index in [0.29, 0.717) is 0 Å². The first-order valence-electron chi connectivity index (χ1n) is 7.94. The summed E-state index contributed by atoms with van der Waals surface area (Å²) in [7, 11) is 0. The van der Waals surface area contributed by atoms with Gasteiger partial charge in [-0.05, 0) is 49.5 Å². The molecular weight excluding hydrogens is 250 g/mol. The fourth-order valence-corrected chi connectivity index (χ4v) is 2.79. The van der Waals surface area contributed by atoms with E-state index >= 15 is 0 Å². The van der Waals surface area contributed by atoms with Gasteiger partial charge in [-0.15, -0.1) is 5.10 Å². The number of aromatic nitrogens is 4. The highest BCUT2D eigenvalue weighted by atomic mass is 15.5. The summed E-state index contributed by atoms with van der Waals surface area (Å²) in [5.74, 6) is 2.73. The van der Waals surface area contributed by atoms with Crippen LogP contribution in [0.4, 0.5) is 0 Å². The molecule has 0 aromatic carbocycles. The minimum Gasteiger partial charge on any atom is -0.305 e. The van der Waals surface area contributed by atoms with Gasteiger partial charge in [0, 0.05) is 12.1 Å². The molecule has 1 aliphatic carbocycles. The Morgan fingerprint density at radius 3 is 2.55 bits per heavy atom. The highest BCUT2D eigenvalue weighted by Gasteiger charge is 2.19. The Hall–Kier alpha value is -0.970. The third-order valence-corrected chi connectivity index (χ3v) is 4.27. The van der Waals surface area contributed by atoms with E-state index in [1.165, 1.54) is 32.1 Å². The van der Waals surface area contributed by atoms with Gasteiger partial charge >= 0.3 is 0 Å². The van der Waals surface area contributed by atoms with Gasteiger partial charge < -0.3 is 5.32 Å². The third-order valence-electron chi connectivity index (χ3n) is 4.27. The molecule has 20 heavy (non-hydrogen) atoms. The molecule has 1 N–H and O–H groups in total. The van der Waals surface area contributed by atoms with Gasteiger partial charge in [0.25, 0.3) is 0 Å². The zero-order valence-corrected chi connectivity index (χ0v) is 13.4. The van der Waals surface area contributed by atoms with E-state index in [-0.39, 0.29) is 5.54 Å². The maximum Gasteiger partial charge on any atom is 0.165 e. The summed E-state index contributed by atoms with van der Waals surface area (Å²) in [6.45, 7) is 10.5. The predicted molar refractivity (Wildman–Crippen MR) is 80.1 cm³/mol. The normalized spacial score (nSPS) is 24.0. The lowest BCUT2D eigenvalue weighted by Crippen LogP contribution is -2.36. The van der Waals surface area contributed by atoms with E-state index in [4.69, 9.17) is 0 Å². The van der Waals surface area contributed by atoms with Gasteiger partial charge in [0.1, 0.15) is 0 Å². The van der Waals surface area contributed by atoms with Crippen LogP contribution in [0.1, 0.15) is 65.6 Å². The van der Waals surface area contributed by atoms with Gasteiger partial charge in [-0.3, -0.25) is 0 Å². The predicted octanol–water partition coefficient (Wildman–Crippen LogP) is 2.78. The average Bonchev–Trinajstić information content (AvgIpc) is 2.82. The lowest BCUT2D eigenvalue weighted by atomic mass is 9.81. The van der Waals surface area contributed by atoms with Crippen molar-refractivity contribution in [3.63, 3.8) is 0 Å². The van der Waals surface area contributed by atoms with Crippen LogP contribution in [0, 0.1) is 11.8 Å². The molecule has 5 nitrogen and oxygen atoms in total. The van der Waals surface area contributed by atoms with Crippen molar-refractivity contribution in [2.75, 3.05) is 0 Å². The molecule has 0 unspecified atom stereocenters. The Labute approximate surface area is 122 Å². The standard InChI is InChI=1S/C15H29N5/c1-12-5-7-13(8-6-12)9-10-20-14(17-18-19-20)11-16-15(2,3)4/h12-13,16H,5-11H2,1-4H3. The minimum atomic E-state index is 0.0935. The van der Waals surface area contributed by atoms with E-state index in [9.17, 15) is 0 Å². The van der Waals surface area contributed by atoms with Crippen LogP contribution in [0.25, 0.3) is 0 Å². The molecule has 1 fully saturated rings. The molecule has 5 heteroatoms. The number of tetrazole rings is 1. The van der Waals surface area contributed by atoms with Gasteiger partial charge in [0.05, 0.1) is 6.54 Å². The zero-order valence-electron chi connectivity index (χ0n) is 13.4. The first kappa shape index (κ1) is 15.4. The van der Waals surface area contributed by atoms with Crippen molar-refractivity contribution in [1.82, 2.24) is 25.5 Å². The van der Waals surface area contributed by atoms with Crippen molar-refractivity contribution in [3.8, 4) is 0 Å². The van der Waals surface area contributed by atoms with E-state index in [2.05, 4.69) is 48.5 Å². The summed E-state index contributed by atoms with van der Waals surface area (Å²) >= 11 is 0. The molecule has 0 radical (unpaired) electrons. The van der Waals surface area contributed by atoms with Crippen molar-refractivity contribution in [1.29, 1.82) is 0 Å². The Morgan fingerprint density at radius 1 is 1.20 bits per heavy atom. The van der Waals surface area contributed by atoms with Crippen molar-refractivity contribution in [3.05, 3.63) is 5.82 Å². The molecule has 1 saturated carbocycles. The molecule has 0 saturated heterocycles. The quantitative estimate of drug-likeness (QED) is 0.900. The third kappa shape index (κ3) is 4.85. The Bertz CT molecular complexity index is 399. The first-order valence-corrected chi connectivity index (χ1v) is 7.94. The molecule has 1 aromatic heterocycles. The molecule has 1 aliphatic rings. The van der Waals surface area contributed by atoms with Gasteiger partial charge in [-0.2, -0.15) is 0 Å². The van der Waals surface area contributed by atoms with Gasteiger partial charge in [-0.1, -0.05) is 32.6 Å².